The largest absolute Gasteiger partial charge is 0.507 e. The number of rotatable bonds is 14. The van der Waals surface area contributed by atoms with Gasteiger partial charge in [0, 0.05) is 83.2 Å². The number of ether oxygens (including phenoxy) is 1. The first-order valence-electron chi connectivity index (χ1n) is 20.2. The Kier molecular flexibility index (Phi) is 12.6. The van der Waals surface area contributed by atoms with Crippen LogP contribution < -0.4 is 16.0 Å². The van der Waals surface area contributed by atoms with Gasteiger partial charge in [-0.15, -0.1) is 0 Å². The summed E-state index contributed by atoms with van der Waals surface area (Å²) >= 11 is 0. The lowest BCUT2D eigenvalue weighted by Crippen LogP contribution is -2.67. The molecule has 4 aromatic carbocycles. The first-order chi connectivity index (χ1) is 29.6. The first kappa shape index (κ1) is 43.3. The van der Waals surface area contributed by atoms with Crippen LogP contribution in [0.15, 0.2) is 97.2 Å². The minimum absolute atomic E-state index is 0.0417. The molecule has 62 heavy (non-hydrogen) atoms. The Morgan fingerprint density at radius 2 is 1.65 bits per heavy atom. The van der Waals surface area contributed by atoms with Crippen LogP contribution in [0.1, 0.15) is 62.7 Å². The first-order valence-corrected chi connectivity index (χ1v) is 20.2. The van der Waals surface area contributed by atoms with Gasteiger partial charge in [0.1, 0.15) is 18.0 Å². The minimum atomic E-state index is -2.08. The average molecular weight is 844 g/mol. The van der Waals surface area contributed by atoms with E-state index in [1.165, 1.54) is 19.1 Å². The van der Waals surface area contributed by atoms with E-state index < -0.39 is 66.8 Å². The number of aliphatic hydroxyl groups excluding tert-OH is 3. The van der Waals surface area contributed by atoms with Gasteiger partial charge in [-0.25, -0.2) is 4.79 Å². The number of aliphatic hydroxyl groups is 3. The Hall–Kier alpha value is -6.78. The molecule has 7 rings (SSSR count). The third kappa shape index (κ3) is 9.26. The zero-order valence-electron chi connectivity index (χ0n) is 34.3. The second-order valence-electron chi connectivity index (χ2n) is 15.9. The number of carboxylic acid groups (broad SMARTS) is 1. The summed E-state index contributed by atoms with van der Waals surface area (Å²) in [6.07, 6.45) is -2.25. The lowest BCUT2D eigenvalue weighted by molar-refractivity contribution is -0.226. The van der Waals surface area contributed by atoms with E-state index in [1.807, 2.05) is 54.7 Å². The topological polar surface area (TPSA) is 246 Å². The van der Waals surface area contributed by atoms with Crippen LogP contribution in [0, 0.1) is 13.8 Å². The van der Waals surface area contributed by atoms with E-state index in [0.29, 0.717) is 22.3 Å². The zero-order chi connectivity index (χ0) is 44.3. The van der Waals surface area contributed by atoms with E-state index in [9.17, 15) is 44.7 Å². The number of H-pyrrole nitrogens is 2. The summed E-state index contributed by atoms with van der Waals surface area (Å²) in [5.41, 5.74) is 4.90. The highest BCUT2D eigenvalue weighted by molar-refractivity contribution is 6.01. The molecule has 3 amide bonds. The number of aromatic amines is 2. The number of carboxylic acids is 1. The van der Waals surface area contributed by atoms with Crippen LogP contribution in [0.3, 0.4) is 0 Å². The summed E-state index contributed by atoms with van der Waals surface area (Å²) in [7, 11) is 0. The minimum Gasteiger partial charge on any atom is -0.507 e. The molecule has 1 saturated heterocycles. The number of benzene rings is 4. The van der Waals surface area contributed by atoms with E-state index in [1.54, 1.807) is 44.2 Å². The number of phenols is 1. The molecular weight excluding hydrogens is 795 g/mol. The van der Waals surface area contributed by atoms with Gasteiger partial charge >= 0.3 is 5.97 Å². The highest BCUT2D eigenvalue weighted by Gasteiger charge is 2.54. The number of carbonyl (C=O) groups is 4. The predicted octanol–water partition coefficient (Wildman–Crippen LogP) is 4.60. The van der Waals surface area contributed by atoms with Crippen molar-refractivity contribution in [2.45, 2.75) is 76.2 Å². The lowest BCUT2D eigenvalue weighted by Gasteiger charge is -2.47. The van der Waals surface area contributed by atoms with Crippen LogP contribution in [0.5, 0.6) is 5.75 Å². The number of fused-ring (bicyclic) bond motifs is 2. The molecule has 15 nitrogen and oxygen atoms in total. The number of aromatic hydroxyl groups is 1. The van der Waals surface area contributed by atoms with Crippen LogP contribution in [0.2, 0.25) is 0 Å². The van der Waals surface area contributed by atoms with E-state index in [-0.39, 0.29) is 30.2 Å². The maximum absolute atomic E-state index is 13.3. The van der Waals surface area contributed by atoms with Gasteiger partial charge in [0.2, 0.25) is 5.91 Å². The highest BCUT2D eigenvalue weighted by Crippen LogP contribution is 2.36. The van der Waals surface area contributed by atoms with Crippen molar-refractivity contribution in [3.63, 3.8) is 0 Å². The Labute approximate surface area is 356 Å². The van der Waals surface area contributed by atoms with Gasteiger partial charge in [0.15, 0.2) is 5.60 Å². The average Bonchev–Trinajstić information content (AvgIpc) is 3.88. The molecular formula is C47H49N5O10. The van der Waals surface area contributed by atoms with Gasteiger partial charge in [-0.2, -0.15) is 0 Å². The smallest absolute Gasteiger partial charge is 0.336 e. The van der Waals surface area contributed by atoms with Crippen LogP contribution in [-0.4, -0.2) is 102 Å². The number of hydrogen-bond donors (Lipinski definition) is 10. The van der Waals surface area contributed by atoms with E-state index in [2.05, 4.69) is 32.0 Å². The standard InChI is InChI=1S/C47H49N5O10/c1-25-16-32(17-26(2)41(25)56)45(59)50-24-39(55)42(57)43-40(51-27(3)53)38(54)21-47(62-43,46(60)61)15-7-10-28-8-6-9-29(18-28)22-49-44(58)30-13-14-35-31(19-30)20-37(52-35)34-23-48-36-12-5-4-11-33(34)36/h4-14,16-20,23,38-40,42-43,48,52,54-57H,15,21-22,24H2,1-3H3,(H,49,58)(H,50,59)(H,51,53)(H,60,61)/b10-7+/t38-,39+,40+,42+,43+,47+/m0/s1. The van der Waals surface area contributed by atoms with Crippen LogP contribution in [-0.2, 0) is 20.9 Å². The second-order valence-corrected chi connectivity index (χ2v) is 15.9. The molecule has 0 radical (unpaired) electrons. The normalized spacial score (nSPS) is 19.9. The lowest BCUT2D eigenvalue weighted by atomic mass is 9.81. The van der Waals surface area contributed by atoms with Gasteiger partial charge < -0.3 is 56.2 Å². The molecule has 2 aromatic heterocycles. The molecule has 0 saturated carbocycles. The van der Waals surface area contributed by atoms with Crippen LogP contribution in [0.4, 0.5) is 0 Å². The Morgan fingerprint density at radius 1 is 0.903 bits per heavy atom. The number of hydrogen-bond acceptors (Lipinski definition) is 9. The van der Waals surface area contributed by atoms with Crippen LogP contribution in [0.25, 0.3) is 39.1 Å². The summed E-state index contributed by atoms with van der Waals surface area (Å²) in [5, 5.41) is 64.0. The Bertz CT molecular complexity index is 2660. The van der Waals surface area contributed by atoms with Crippen molar-refractivity contribution < 1.29 is 49.4 Å². The number of amides is 3. The Balaban J connectivity index is 0.996. The molecule has 0 aliphatic carbocycles. The van der Waals surface area contributed by atoms with Gasteiger partial charge in [-0.3, -0.25) is 14.4 Å². The third-order valence-corrected chi connectivity index (χ3v) is 11.3. The molecule has 1 aliphatic heterocycles. The van der Waals surface area contributed by atoms with E-state index >= 15 is 0 Å². The quantitative estimate of drug-likeness (QED) is 0.0730. The molecule has 1 aliphatic rings. The van der Waals surface area contributed by atoms with Crippen molar-refractivity contribution in [3.8, 4) is 17.0 Å². The third-order valence-electron chi connectivity index (χ3n) is 11.3. The monoisotopic (exact) mass is 843 g/mol. The number of aromatic nitrogens is 2. The van der Waals surface area contributed by atoms with Crippen LogP contribution >= 0.6 is 0 Å². The highest BCUT2D eigenvalue weighted by atomic mass is 16.6. The predicted molar refractivity (Wildman–Crippen MR) is 232 cm³/mol. The molecule has 15 heteroatoms. The van der Waals surface area contributed by atoms with Gasteiger partial charge in [0.05, 0.1) is 18.2 Å². The molecule has 10 N–H and O–H groups in total. The molecule has 0 unspecified atom stereocenters. The summed E-state index contributed by atoms with van der Waals surface area (Å²) in [5.74, 6) is -2.85. The molecule has 6 atom stereocenters. The van der Waals surface area contributed by atoms with Crippen molar-refractivity contribution >= 4 is 51.6 Å². The molecule has 6 aromatic rings. The number of aryl methyl sites for hydroxylation is 2. The molecule has 322 valence electrons. The zero-order valence-corrected chi connectivity index (χ0v) is 34.3. The molecule has 3 heterocycles. The van der Waals surface area contributed by atoms with Crippen molar-refractivity contribution in [1.82, 2.24) is 25.9 Å². The van der Waals surface area contributed by atoms with Crippen molar-refractivity contribution in [2.75, 3.05) is 6.54 Å². The fraction of sp³-hybridized carbons (Fsp3) is 0.277. The molecule has 0 spiro atoms. The number of nitrogens with one attached hydrogen (secondary N) is 5. The fourth-order valence-electron chi connectivity index (χ4n) is 8.03. The Morgan fingerprint density at radius 3 is 2.39 bits per heavy atom. The summed E-state index contributed by atoms with van der Waals surface area (Å²) in [6, 6.07) is 24.4. The summed E-state index contributed by atoms with van der Waals surface area (Å²) in [4.78, 5) is 57.9. The van der Waals surface area contributed by atoms with Gasteiger partial charge in [0.25, 0.3) is 11.8 Å². The number of para-hydroxylation sites is 1. The van der Waals surface area contributed by atoms with Crippen molar-refractivity contribution in [3.05, 3.63) is 131 Å². The van der Waals surface area contributed by atoms with Gasteiger partial charge in [-0.1, -0.05) is 48.6 Å². The van der Waals surface area contributed by atoms with Gasteiger partial charge in [-0.05, 0) is 84.6 Å². The fourth-order valence-corrected chi connectivity index (χ4v) is 8.03. The van der Waals surface area contributed by atoms with E-state index in [0.717, 1.165) is 38.6 Å². The molecule has 1 fully saturated rings. The van der Waals surface area contributed by atoms with Crippen molar-refractivity contribution in [1.29, 1.82) is 0 Å². The maximum atomic E-state index is 13.3. The number of aliphatic carboxylic acids is 1. The van der Waals surface area contributed by atoms with E-state index in [4.69, 9.17) is 4.74 Å². The summed E-state index contributed by atoms with van der Waals surface area (Å²) in [6.45, 7) is 4.15. The van der Waals surface area contributed by atoms with Crippen molar-refractivity contribution in [2.24, 2.45) is 0 Å². The number of phenolic OH excluding ortho intramolecular Hbond substituents is 1. The second kappa shape index (κ2) is 18.1. The molecule has 0 bridgehead atoms. The number of carbonyl (C=O) groups excluding carboxylic acids is 3. The SMILES string of the molecule is CC(=O)N[C@H]1[C@H]([C@H](O)[C@H](O)CNC(=O)c2cc(C)c(O)c(C)c2)O[C@@](C/C=C/c2cccc(CNC(=O)c3ccc4[nH]c(-c5c[nH]c6ccccc56)cc4c3)c2)(C(=O)O)C[C@@H]1O. The maximum Gasteiger partial charge on any atom is 0.336 e. The summed E-state index contributed by atoms with van der Waals surface area (Å²) < 4.78 is 6.04.